The zero-order chi connectivity index (χ0) is 57.8. The number of hydrogen-bond donors (Lipinski definition) is 0. The molecule has 0 saturated carbocycles. The minimum absolute atomic E-state index is 0.107. The molecule has 1 unspecified atom stereocenters. The summed E-state index contributed by atoms with van der Waals surface area (Å²) in [6.07, 6.45) is 95.9. The molecule has 0 amide bonds. The Labute approximate surface area is 493 Å². The van der Waals surface area contributed by atoms with Crippen LogP contribution in [-0.4, -0.2) is 37.2 Å². The first-order valence-corrected chi connectivity index (χ1v) is 32.8. The summed E-state index contributed by atoms with van der Waals surface area (Å²) in [5.74, 6) is -0.978. The number of unbranched alkanes of at least 4 members (excludes halogenated alkanes) is 23. The summed E-state index contributed by atoms with van der Waals surface area (Å²) in [5.41, 5.74) is 0. The number of allylic oxidation sites excluding steroid dienone is 24. The average molecular weight is 1110 g/mol. The molecule has 0 aromatic rings. The zero-order valence-corrected chi connectivity index (χ0v) is 51.8. The van der Waals surface area contributed by atoms with E-state index in [1.54, 1.807) is 0 Å². The number of rotatable bonds is 58. The van der Waals surface area contributed by atoms with Gasteiger partial charge in [0.25, 0.3) is 0 Å². The zero-order valence-electron chi connectivity index (χ0n) is 51.8. The first-order valence-electron chi connectivity index (χ1n) is 32.8. The van der Waals surface area contributed by atoms with E-state index in [-0.39, 0.29) is 37.5 Å². The summed E-state index contributed by atoms with van der Waals surface area (Å²) < 4.78 is 16.8. The lowest BCUT2D eigenvalue weighted by atomic mass is 10.0. The Hall–Kier alpha value is -4.71. The van der Waals surface area contributed by atoms with Crippen LogP contribution in [0.2, 0.25) is 0 Å². The molecule has 0 aliphatic rings. The molecule has 0 fully saturated rings. The fourth-order valence-corrected chi connectivity index (χ4v) is 8.72. The lowest BCUT2D eigenvalue weighted by molar-refractivity contribution is -0.167. The predicted molar refractivity (Wildman–Crippen MR) is 348 cm³/mol. The first kappa shape index (κ1) is 75.3. The number of ether oxygens (including phenoxy) is 3. The van der Waals surface area contributed by atoms with E-state index in [9.17, 15) is 14.4 Å². The second-order valence-electron chi connectivity index (χ2n) is 21.3. The molecule has 0 radical (unpaired) electrons. The molecule has 0 aliphatic heterocycles. The molecule has 0 heterocycles. The van der Waals surface area contributed by atoms with E-state index in [0.717, 1.165) is 135 Å². The largest absolute Gasteiger partial charge is 0.462 e. The van der Waals surface area contributed by atoms with E-state index in [0.29, 0.717) is 19.3 Å². The number of esters is 3. The van der Waals surface area contributed by atoms with Gasteiger partial charge in [0.15, 0.2) is 6.10 Å². The highest BCUT2D eigenvalue weighted by atomic mass is 16.6. The Bertz CT molecular complexity index is 1750. The maximum atomic E-state index is 12.9. The third-order valence-electron chi connectivity index (χ3n) is 13.5. The summed E-state index contributed by atoms with van der Waals surface area (Å²) in [4.78, 5) is 38.2. The van der Waals surface area contributed by atoms with Crippen LogP contribution in [0.3, 0.4) is 0 Å². The van der Waals surface area contributed by atoms with Crippen LogP contribution < -0.4 is 0 Å². The molecule has 1 atom stereocenters. The van der Waals surface area contributed by atoms with Gasteiger partial charge in [-0.25, -0.2) is 0 Å². The highest BCUT2D eigenvalue weighted by molar-refractivity contribution is 5.71. The van der Waals surface area contributed by atoms with Gasteiger partial charge in [-0.15, -0.1) is 0 Å². The molecule has 0 saturated heterocycles. The van der Waals surface area contributed by atoms with E-state index in [1.807, 2.05) is 0 Å². The van der Waals surface area contributed by atoms with Crippen molar-refractivity contribution in [2.75, 3.05) is 13.2 Å². The summed E-state index contributed by atoms with van der Waals surface area (Å²) in [6, 6.07) is 0. The van der Waals surface area contributed by atoms with Crippen molar-refractivity contribution >= 4 is 17.9 Å². The van der Waals surface area contributed by atoms with Gasteiger partial charge in [-0.1, -0.05) is 282 Å². The van der Waals surface area contributed by atoms with Crippen molar-refractivity contribution in [2.45, 2.75) is 290 Å². The molecular weight excluding hydrogens is 985 g/mol. The van der Waals surface area contributed by atoms with Crippen molar-refractivity contribution < 1.29 is 28.6 Å². The van der Waals surface area contributed by atoms with Crippen LogP contribution in [-0.2, 0) is 28.6 Å². The van der Waals surface area contributed by atoms with E-state index in [2.05, 4.69) is 167 Å². The second kappa shape index (κ2) is 66.8. The van der Waals surface area contributed by atoms with Gasteiger partial charge in [0, 0.05) is 19.3 Å². The van der Waals surface area contributed by atoms with E-state index in [4.69, 9.17) is 14.2 Å². The van der Waals surface area contributed by atoms with Crippen molar-refractivity contribution in [3.63, 3.8) is 0 Å². The van der Waals surface area contributed by atoms with E-state index >= 15 is 0 Å². The third-order valence-corrected chi connectivity index (χ3v) is 13.5. The van der Waals surface area contributed by atoms with Gasteiger partial charge >= 0.3 is 17.9 Å². The molecule has 80 heavy (non-hydrogen) atoms. The lowest BCUT2D eigenvalue weighted by Crippen LogP contribution is -2.30. The number of hydrogen-bond acceptors (Lipinski definition) is 6. The second-order valence-corrected chi connectivity index (χ2v) is 21.3. The Balaban J connectivity index is 4.30. The molecule has 0 spiro atoms. The Morgan fingerprint density at radius 1 is 0.263 bits per heavy atom. The lowest BCUT2D eigenvalue weighted by Gasteiger charge is -2.18. The van der Waals surface area contributed by atoms with Crippen LogP contribution in [0.5, 0.6) is 0 Å². The summed E-state index contributed by atoms with van der Waals surface area (Å²) >= 11 is 0. The number of carbonyl (C=O) groups is 3. The maximum absolute atomic E-state index is 12.9. The van der Waals surface area contributed by atoms with Crippen molar-refractivity contribution in [3.05, 3.63) is 146 Å². The highest BCUT2D eigenvalue weighted by Gasteiger charge is 2.19. The van der Waals surface area contributed by atoms with Crippen LogP contribution in [0, 0.1) is 0 Å². The van der Waals surface area contributed by atoms with E-state index < -0.39 is 6.10 Å². The van der Waals surface area contributed by atoms with Gasteiger partial charge in [0.1, 0.15) is 13.2 Å². The normalized spacial score (nSPS) is 13.1. The molecule has 452 valence electrons. The standard InChI is InChI=1S/C74H120O6/c1-4-7-10-13-16-19-22-24-26-28-30-32-34-35-36-37-38-39-41-42-44-46-48-50-52-55-58-61-64-67-73(76)79-70-71(69-78-72(75)66-63-60-57-54-21-18-15-12-9-6-3)80-74(77)68-65-62-59-56-53-51-49-47-45-43-40-33-31-29-27-25-23-20-17-14-11-8-5-2/h7-8,10-12,15-17,19-20,24-27,30-33,43,45,49,51,56,59,71H,4-6,9,13-14,18,21-23,28-29,34-42,44,46-48,50,52-55,57-58,60-70H2,1-3H3/b10-7-,11-8-,15-12-,19-16-,20-17-,26-24-,27-25-,32-30-,33-31-,45-43-,51-49-,59-56-. The highest BCUT2D eigenvalue weighted by Crippen LogP contribution is 2.16. The van der Waals surface area contributed by atoms with Gasteiger partial charge in [-0.3, -0.25) is 14.4 Å². The van der Waals surface area contributed by atoms with Gasteiger partial charge in [0.05, 0.1) is 0 Å². The van der Waals surface area contributed by atoms with Crippen molar-refractivity contribution in [2.24, 2.45) is 0 Å². The van der Waals surface area contributed by atoms with Crippen LogP contribution in [0.25, 0.3) is 0 Å². The Kier molecular flexibility index (Phi) is 62.9. The molecule has 6 nitrogen and oxygen atoms in total. The van der Waals surface area contributed by atoms with Crippen molar-refractivity contribution in [1.29, 1.82) is 0 Å². The molecule has 0 aromatic heterocycles. The number of carbonyl (C=O) groups excluding carboxylic acids is 3. The Morgan fingerprint density at radius 2 is 0.500 bits per heavy atom. The van der Waals surface area contributed by atoms with Gasteiger partial charge in [-0.2, -0.15) is 0 Å². The van der Waals surface area contributed by atoms with Crippen molar-refractivity contribution in [1.82, 2.24) is 0 Å². The summed E-state index contributed by atoms with van der Waals surface area (Å²) in [6.45, 7) is 6.30. The van der Waals surface area contributed by atoms with Crippen LogP contribution >= 0.6 is 0 Å². The maximum Gasteiger partial charge on any atom is 0.306 e. The molecular formula is C74H120O6. The smallest absolute Gasteiger partial charge is 0.306 e. The van der Waals surface area contributed by atoms with Gasteiger partial charge in [0.2, 0.25) is 0 Å². The molecule has 0 bridgehead atoms. The molecule has 0 rings (SSSR count). The minimum atomic E-state index is -0.817. The average Bonchev–Trinajstić information content (AvgIpc) is 3.46. The molecule has 6 heteroatoms. The third kappa shape index (κ3) is 64.1. The van der Waals surface area contributed by atoms with E-state index in [1.165, 1.54) is 103 Å². The van der Waals surface area contributed by atoms with Crippen LogP contribution in [0.1, 0.15) is 284 Å². The topological polar surface area (TPSA) is 78.9 Å². The molecule has 0 aromatic carbocycles. The first-order chi connectivity index (χ1) is 39.5. The predicted octanol–water partition coefficient (Wildman–Crippen LogP) is 22.7. The quantitative estimate of drug-likeness (QED) is 0.0261. The fraction of sp³-hybridized carbons (Fsp3) is 0.635. The monoisotopic (exact) mass is 1100 g/mol. The van der Waals surface area contributed by atoms with Gasteiger partial charge < -0.3 is 14.2 Å². The minimum Gasteiger partial charge on any atom is -0.462 e. The molecule has 0 N–H and O–H groups in total. The summed E-state index contributed by atoms with van der Waals surface area (Å²) in [5, 5.41) is 0. The molecule has 0 aliphatic carbocycles. The van der Waals surface area contributed by atoms with Crippen LogP contribution in [0.15, 0.2) is 146 Å². The van der Waals surface area contributed by atoms with Gasteiger partial charge in [-0.05, 0) is 128 Å². The summed E-state index contributed by atoms with van der Waals surface area (Å²) in [7, 11) is 0. The Morgan fingerprint density at radius 3 is 0.812 bits per heavy atom. The SMILES string of the molecule is CC/C=C\C/C=C\C/C=C\C/C=C\C/C=C\C/C=C\C/C=C\CCCC(=O)OC(COC(=O)CCCCCCC/C=C\CCC)COC(=O)CCCCCCCCCCCCCCCCCC/C=C\C/C=C\C/C=C\C/C=C\CC. The fourth-order valence-electron chi connectivity index (χ4n) is 8.72. The van der Waals surface area contributed by atoms with Crippen molar-refractivity contribution in [3.8, 4) is 0 Å². The van der Waals surface area contributed by atoms with Crippen LogP contribution in [0.4, 0.5) is 0 Å².